The van der Waals surface area contributed by atoms with E-state index in [9.17, 15) is 13.2 Å². The van der Waals surface area contributed by atoms with Gasteiger partial charge in [-0.3, -0.25) is 4.79 Å². The quantitative estimate of drug-likeness (QED) is 0.641. The Morgan fingerprint density at radius 2 is 2.03 bits per heavy atom. The molecule has 0 saturated carbocycles. The first-order valence-electron chi connectivity index (χ1n) is 9.26. The van der Waals surface area contributed by atoms with Gasteiger partial charge >= 0.3 is 0 Å². The molecule has 158 valence electrons. The van der Waals surface area contributed by atoms with Crippen LogP contribution in [0, 0.1) is 13.8 Å². The lowest BCUT2D eigenvalue weighted by Crippen LogP contribution is -2.31. The highest BCUT2D eigenvalue weighted by Crippen LogP contribution is 2.33. The molecular weight excluding hydrogens is 398 g/mol. The molecule has 2 heterocycles. The Balaban J connectivity index is 1.66. The first kappa shape index (κ1) is 21.1. The van der Waals surface area contributed by atoms with E-state index < -0.39 is 10.0 Å². The smallest absolute Gasteiger partial charge is 0.248 e. The Bertz CT molecular complexity index is 982. The summed E-state index contributed by atoms with van der Waals surface area (Å²) in [5.41, 5.74) is 1.08. The SMILES string of the molecule is COc1cc(N2CCCC2=O)ccc1OCCN(C)S(=O)(=O)c1c(C)noc1C. The zero-order chi connectivity index (χ0) is 21.2. The Kier molecular flexibility index (Phi) is 6.13. The number of carbonyl (C=O) groups excluding carboxylic acids is 1. The molecular formula is C19H25N3O6S. The van der Waals surface area contributed by atoms with E-state index in [1.165, 1.54) is 18.5 Å². The summed E-state index contributed by atoms with van der Waals surface area (Å²) in [5, 5.41) is 3.71. The van der Waals surface area contributed by atoms with Gasteiger partial charge in [0.2, 0.25) is 15.9 Å². The molecule has 1 aromatic heterocycles. The van der Waals surface area contributed by atoms with Crippen LogP contribution in [0.2, 0.25) is 0 Å². The fourth-order valence-electron chi connectivity index (χ4n) is 3.27. The maximum atomic E-state index is 12.7. The highest BCUT2D eigenvalue weighted by molar-refractivity contribution is 7.89. The summed E-state index contributed by atoms with van der Waals surface area (Å²) >= 11 is 0. The van der Waals surface area contributed by atoms with Gasteiger partial charge in [-0.25, -0.2) is 8.42 Å². The second kappa shape index (κ2) is 8.42. The van der Waals surface area contributed by atoms with Crippen molar-refractivity contribution in [3.05, 3.63) is 29.7 Å². The molecule has 1 fully saturated rings. The number of benzene rings is 1. The van der Waals surface area contributed by atoms with E-state index in [0.29, 0.717) is 30.2 Å². The normalized spacial score (nSPS) is 14.7. The first-order valence-corrected chi connectivity index (χ1v) is 10.7. The maximum absolute atomic E-state index is 12.7. The van der Waals surface area contributed by atoms with Gasteiger partial charge in [0.1, 0.15) is 17.2 Å². The fourth-order valence-corrected chi connectivity index (χ4v) is 4.71. The molecule has 0 radical (unpaired) electrons. The molecule has 29 heavy (non-hydrogen) atoms. The number of hydrogen-bond donors (Lipinski definition) is 0. The Morgan fingerprint density at radius 3 is 2.62 bits per heavy atom. The van der Waals surface area contributed by atoms with Gasteiger partial charge in [-0.05, 0) is 32.4 Å². The van der Waals surface area contributed by atoms with Crippen LogP contribution in [-0.2, 0) is 14.8 Å². The molecule has 1 aliphatic rings. The third-order valence-corrected chi connectivity index (χ3v) is 6.93. The van der Waals surface area contributed by atoms with Crippen molar-refractivity contribution in [1.82, 2.24) is 9.46 Å². The summed E-state index contributed by atoms with van der Waals surface area (Å²) in [7, 11) is -0.734. The van der Waals surface area contributed by atoms with E-state index >= 15 is 0 Å². The minimum atomic E-state index is -3.73. The number of sulfonamides is 1. The monoisotopic (exact) mass is 423 g/mol. The van der Waals surface area contributed by atoms with Gasteiger partial charge in [0.05, 0.1) is 7.11 Å². The van der Waals surface area contributed by atoms with Crippen LogP contribution in [0.15, 0.2) is 27.6 Å². The molecule has 1 amide bonds. The lowest BCUT2D eigenvalue weighted by molar-refractivity contribution is -0.117. The maximum Gasteiger partial charge on any atom is 0.248 e. The standard InChI is InChI=1S/C19H25N3O6S/c1-13-19(14(2)28-20-13)29(24,25)21(3)10-11-27-16-8-7-15(12-17(16)26-4)22-9-5-6-18(22)23/h7-8,12H,5-6,9-11H2,1-4H3. The van der Waals surface area contributed by atoms with E-state index in [-0.39, 0.29) is 29.7 Å². The van der Waals surface area contributed by atoms with Crippen molar-refractivity contribution in [2.45, 2.75) is 31.6 Å². The highest BCUT2D eigenvalue weighted by Gasteiger charge is 2.28. The predicted octanol–water partition coefficient (Wildman–Crippen LogP) is 2.13. The number of nitrogens with zero attached hydrogens (tertiary/aromatic N) is 3. The van der Waals surface area contributed by atoms with Crippen molar-refractivity contribution < 1.29 is 27.2 Å². The first-order chi connectivity index (χ1) is 13.8. The van der Waals surface area contributed by atoms with Crippen LogP contribution in [0.5, 0.6) is 11.5 Å². The largest absolute Gasteiger partial charge is 0.493 e. The van der Waals surface area contributed by atoms with Gasteiger partial charge < -0.3 is 18.9 Å². The van der Waals surface area contributed by atoms with E-state index in [2.05, 4.69) is 5.16 Å². The number of carbonyl (C=O) groups is 1. The predicted molar refractivity (Wildman–Crippen MR) is 106 cm³/mol. The van der Waals surface area contributed by atoms with Crippen molar-refractivity contribution in [1.29, 1.82) is 0 Å². The number of aromatic nitrogens is 1. The fraction of sp³-hybridized carbons (Fsp3) is 0.474. The van der Waals surface area contributed by atoms with Gasteiger partial charge in [-0.1, -0.05) is 5.16 Å². The van der Waals surface area contributed by atoms with Gasteiger partial charge in [0.15, 0.2) is 17.3 Å². The molecule has 0 N–H and O–H groups in total. The molecule has 1 aromatic carbocycles. The van der Waals surface area contributed by atoms with Gasteiger partial charge in [0.25, 0.3) is 0 Å². The minimum absolute atomic E-state index is 0.0808. The van der Waals surface area contributed by atoms with Crippen LogP contribution in [-0.4, -0.2) is 57.6 Å². The van der Waals surface area contributed by atoms with Crippen molar-refractivity contribution in [3.63, 3.8) is 0 Å². The van der Waals surface area contributed by atoms with Crippen LogP contribution in [0.3, 0.4) is 0 Å². The lowest BCUT2D eigenvalue weighted by atomic mass is 10.2. The third kappa shape index (κ3) is 4.23. The average molecular weight is 423 g/mol. The number of aryl methyl sites for hydroxylation is 2. The zero-order valence-corrected chi connectivity index (χ0v) is 17.8. The Morgan fingerprint density at radius 1 is 1.28 bits per heavy atom. The Hall–Kier alpha value is -2.59. The number of amides is 1. The summed E-state index contributed by atoms with van der Waals surface area (Å²) in [4.78, 5) is 13.7. The van der Waals surface area contributed by atoms with Crippen LogP contribution >= 0.6 is 0 Å². The molecule has 10 heteroatoms. The zero-order valence-electron chi connectivity index (χ0n) is 17.0. The third-order valence-electron chi connectivity index (χ3n) is 4.83. The molecule has 1 saturated heterocycles. The molecule has 0 atom stereocenters. The highest BCUT2D eigenvalue weighted by atomic mass is 32.2. The number of anilines is 1. The van der Waals surface area contributed by atoms with E-state index in [1.807, 2.05) is 0 Å². The topological polar surface area (TPSA) is 102 Å². The molecule has 3 rings (SSSR count). The summed E-state index contributed by atoms with van der Waals surface area (Å²) in [6.45, 7) is 4.09. The van der Waals surface area contributed by atoms with Crippen LogP contribution < -0.4 is 14.4 Å². The van der Waals surface area contributed by atoms with E-state index in [1.54, 1.807) is 36.9 Å². The van der Waals surface area contributed by atoms with Crippen LogP contribution in [0.25, 0.3) is 0 Å². The van der Waals surface area contributed by atoms with Crippen LogP contribution in [0.4, 0.5) is 5.69 Å². The number of likely N-dealkylation sites (N-methyl/N-ethyl adjacent to an activating group) is 1. The number of ether oxygens (including phenoxy) is 2. The number of hydrogen-bond acceptors (Lipinski definition) is 7. The second-order valence-corrected chi connectivity index (χ2v) is 8.79. The molecule has 9 nitrogen and oxygen atoms in total. The van der Waals surface area contributed by atoms with E-state index in [0.717, 1.165) is 12.1 Å². The average Bonchev–Trinajstić information content (AvgIpc) is 3.26. The molecule has 1 aliphatic heterocycles. The van der Waals surface area contributed by atoms with Crippen LogP contribution in [0.1, 0.15) is 24.3 Å². The number of rotatable bonds is 8. The summed E-state index contributed by atoms with van der Waals surface area (Å²) < 4.78 is 42.7. The lowest BCUT2D eigenvalue weighted by Gasteiger charge is -2.20. The van der Waals surface area contributed by atoms with Gasteiger partial charge in [-0.2, -0.15) is 4.31 Å². The second-order valence-electron chi connectivity index (χ2n) is 6.81. The summed E-state index contributed by atoms with van der Waals surface area (Å²) in [6, 6.07) is 5.27. The van der Waals surface area contributed by atoms with Crippen molar-refractivity contribution in [2.24, 2.45) is 0 Å². The molecule has 0 spiro atoms. The number of methoxy groups -OCH3 is 1. The summed E-state index contributed by atoms with van der Waals surface area (Å²) in [5.74, 6) is 1.31. The molecule has 0 bridgehead atoms. The molecule has 0 unspecified atom stereocenters. The minimum Gasteiger partial charge on any atom is -0.493 e. The summed E-state index contributed by atoms with van der Waals surface area (Å²) in [6.07, 6.45) is 1.39. The van der Waals surface area contributed by atoms with Crippen molar-refractivity contribution in [2.75, 3.05) is 38.8 Å². The van der Waals surface area contributed by atoms with E-state index in [4.69, 9.17) is 14.0 Å². The van der Waals surface area contributed by atoms with Crippen molar-refractivity contribution in [3.8, 4) is 11.5 Å². The van der Waals surface area contributed by atoms with Gasteiger partial charge in [0, 0.05) is 38.3 Å². The molecule has 0 aliphatic carbocycles. The van der Waals surface area contributed by atoms with Gasteiger partial charge in [-0.15, -0.1) is 0 Å². The molecule has 2 aromatic rings. The Labute approximate surface area is 170 Å². The van der Waals surface area contributed by atoms with Crippen molar-refractivity contribution >= 4 is 21.6 Å².